The van der Waals surface area contributed by atoms with Crippen LogP contribution in [-0.2, 0) is 6.18 Å². The van der Waals surface area contributed by atoms with E-state index in [1.165, 1.54) is 36.4 Å². The number of carboxylic acids is 1. The van der Waals surface area contributed by atoms with Crippen LogP contribution in [0, 0.1) is 0 Å². The molecule has 0 aliphatic carbocycles. The Kier molecular flexibility index (Phi) is 3.80. The third-order valence-corrected chi connectivity index (χ3v) is 3.28. The Balaban J connectivity index is 1.86. The molecule has 0 fully saturated rings. The van der Waals surface area contributed by atoms with Gasteiger partial charge in [0.05, 0.1) is 11.1 Å². The quantitative estimate of drug-likeness (QED) is 0.780. The van der Waals surface area contributed by atoms with E-state index in [4.69, 9.17) is 9.63 Å². The van der Waals surface area contributed by atoms with Gasteiger partial charge < -0.3 is 9.63 Å². The van der Waals surface area contributed by atoms with Crippen LogP contribution in [0.3, 0.4) is 0 Å². The van der Waals surface area contributed by atoms with Crippen molar-refractivity contribution in [3.05, 3.63) is 59.7 Å². The van der Waals surface area contributed by atoms with Crippen LogP contribution in [0.1, 0.15) is 15.9 Å². The molecule has 0 aliphatic heterocycles. The highest BCUT2D eigenvalue weighted by molar-refractivity contribution is 5.88. The van der Waals surface area contributed by atoms with Crippen LogP contribution in [0.2, 0.25) is 0 Å². The zero-order valence-electron chi connectivity index (χ0n) is 11.9. The molecule has 122 valence electrons. The largest absolute Gasteiger partial charge is 0.478 e. The number of nitrogens with zero attached hydrogens (tertiary/aromatic N) is 2. The molecule has 8 heteroatoms. The highest BCUT2D eigenvalue weighted by Gasteiger charge is 2.30. The first-order chi connectivity index (χ1) is 11.3. The van der Waals surface area contributed by atoms with Crippen molar-refractivity contribution < 1.29 is 27.6 Å². The Bertz CT molecular complexity index is 869. The fraction of sp³-hybridized carbons (Fsp3) is 0.0625. The minimum absolute atomic E-state index is 0.0704. The molecular formula is C16H9F3N2O3. The van der Waals surface area contributed by atoms with Gasteiger partial charge in [0.1, 0.15) is 0 Å². The molecule has 0 atom stereocenters. The van der Waals surface area contributed by atoms with E-state index in [1.54, 1.807) is 0 Å². The van der Waals surface area contributed by atoms with Crippen LogP contribution < -0.4 is 0 Å². The summed E-state index contributed by atoms with van der Waals surface area (Å²) in [6.45, 7) is 0. The highest BCUT2D eigenvalue weighted by Crippen LogP contribution is 2.31. The first-order valence-electron chi connectivity index (χ1n) is 6.69. The predicted octanol–water partition coefficient (Wildman–Crippen LogP) is 4.12. The zero-order chi connectivity index (χ0) is 17.3. The van der Waals surface area contributed by atoms with E-state index in [9.17, 15) is 18.0 Å². The first-order valence-corrected chi connectivity index (χ1v) is 6.69. The van der Waals surface area contributed by atoms with Gasteiger partial charge in [0, 0.05) is 11.1 Å². The van der Waals surface area contributed by atoms with Crippen LogP contribution in [-0.4, -0.2) is 21.2 Å². The lowest BCUT2D eigenvalue weighted by molar-refractivity contribution is -0.137. The van der Waals surface area contributed by atoms with Gasteiger partial charge in [-0.3, -0.25) is 0 Å². The number of aromatic carboxylic acids is 1. The summed E-state index contributed by atoms with van der Waals surface area (Å²) in [5.41, 5.74) is 0.228. The van der Waals surface area contributed by atoms with Crippen molar-refractivity contribution >= 4 is 5.97 Å². The molecule has 0 aliphatic rings. The molecule has 3 rings (SSSR count). The summed E-state index contributed by atoms with van der Waals surface area (Å²) in [7, 11) is 0. The molecule has 0 unspecified atom stereocenters. The van der Waals surface area contributed by atoms with Crippen LogP contribution in [0.25, 0.3) is 22.8 Å². The zero-order valence-corrected chi connectivity index (χ0v) is 11.9. The molecule has 1 N–H and O–H groups in total. The summed E-state index contributed by atoms with van der Waals surface area (Å²) in [6, 6.07) is 10.2. The second-order valence-corrected chi connectivity index (χ2v) is 4.88. The van der Waals surface area contributed by atoms with Crippen LogP contribution in [0.4, 0.5) is 13.2 Å². The lowest BCUT2D eigenvalue weighted by Gasteiger charge is -2.05. The number of carbonyl (C=O) groups is 1. The van der Waals surface area contributed by atoms with Gasteiger partial charge in [0.15, 0.2) is 0 Å². The minimum atomic E-state index is -4.41. The summed E-state index contributed by atoms with van der Waals surface area (Å²) in [6.07, 6.45) is -4.41. The average molecular weight is 334 g/mol. The van der Waals surface area contributed by atoms with Crippen LogP contribution in [0.15, 0.2) is 53.1 Å². The molecule has 1 aromatic heterocycles. The number of hydrogen-bond donors (Lipinski definition) is 1. The Hall–Kier alpha value is -3.16. The molecule has 3 aromatic rings. The van der Waals surface area contributed by atoms with E-state index < -0.39 is 17.7 Å². The Morgan fingerprint density at radius 1 is 0.958 bits per heavy atom. The van der Waals surface area contributed by atoms with Crippen LogP contribution >= 0.6 is 0 Å². The van der Waals surface area contributed by atoms with E-state index >= 15 is 0 Å². The maximum absolute atomic E-state index is 12.5. The van der Waals surface area contributed by atoms with Gasteiger partial charge in [-0.25, -0.2) is 4.79 Å². The lowest BCUT2D eigenvalue weighted by atomic mass is 10.1. The van der Waals surface area contributed by atoms with Gasteiger partial charge >= 0.3 is 12.1 Å². The van der Waals surface area contributed by atoms with Gasteiger partial charge in [-0.15, -0.1) is 0 Å². The van der Waals surface area contributed by atoms with Crippen molar-refractivity contribution in [3.8, 4) is 22.8 Å². The van der Waals surface area contributed by atoms with Crippen molar-refractivity contribution in [2.24, 2.45) is 0 Å². The molecule has 0 amide bonds. The number of aromatic nitrogens is 2. The van der Waals surface area contributed by atoms with Crippen molar-refractivity contribution in [1.82, 2.24) is 10.1 Å². The monoisotopic (exact) mass is 334 g/mol. The number of hydrogen-bond acceptors (Lipinski definition) is 4. The fourth-order valence-electron chi connectivity index (χ4n) is 2.02. The molecule has 5 nitrogen and oxygen atoms in total. The molecule has 24 heavy (non-hydrogen) atoms. The van der Waals surface area contributed by atoms with E-state index in [-0.39, 0.29) is 17.3 Å². The minimum Gasteiger partial charge on any atom is -0.478 e. The van der Waals surface area contributed by atoms with E-state index in [0.717, 1.165) is 12.1 Å². The number of rotatable bonds is 3. The number of alkyl halides is 3. The number of halogens is 3. The number of carboxylic acid groups (broad SMARTS) is 1. The van der Waals surface area contributed by atoms with E-state index in [0.29, 0.717) is 11.1 Å². The van der Waals surface area contributed by atoms with E-state index in [2.05, 4.69) is 10.1 Å². The van der Waals surface area contributed by atoms with Crippen molar-refractivity contribution in [2.45, 2.75) is 6.18 Å². The molecule has 0 radical (unpaired) electrons. The maximum Gasteiger partial charge on any atom is 0.416 e. The van der Waals surface area contributed by atoms with Crippen LogP contribution in [0.5, 0.6) is 0 Å². The lowest BCUT2D eigenvalue weighted by Crippen LogP contribution is -2.03. The summed E-state index contributed by atoms with van der Waals surface area (Å²) in [5.74, 6) is -0.775. The Labute approximate surface area is 133 Å². The Morgan fingerprint density at radius 2 is 1.54 bits per heavy atom. The molecule has 0 saturated carbocycles. The molecule has 0 saturated heterocycles. The van der Waals surface area contributed by atoms with Gasteiger partial charge in [0.2, 0.25) is 5.82 Å². The highest BCUT2D eigenvalue weighted by atomic mass is 19.4. The van der Waals surface area contributed by atoms with Crippen molar-refractivity contribution in [3.63, 3.8) is 0 Å². The normalized spacial score (nSPS) is 11.5. The van der Waals surface area contributed by atoms with Gasteiger partial charge in [-0.1, -0.05) is 17.3 Å². The second kappa shape index (κ2) is 5.80. The van der Waals surface area contributed by atoms with Gasteiger partial charge in [-0.2, -0.15) is 18.2 Å². The number of benzene rings is 2. The molecule has 2 aromatic carbocycles. The van der Waals surface area contributed by atoms with Gasteiger partial charge in [-0.05, 0) is 36.4 Å². The smallest absolute Gasteiger partial charge is 0.416 e. The standard InChI is InChI=1S/C16H9F3N2O3/c17-16(18,19)12-7-5-10(6-8-12)14-20-13(21-24-14)9-1-3-11(4-2-9)15(22)23/h1-8H,(H,22,23). The first kappa shape index (κ1) is 15.7. The van der Waals surface area contributed by atoms with E-state index in [1.807, 2.05) is 0 Å². The van der Waals surface area contributed by atoms with Crippen molar-refractivity contribution in [1.29, 1.82) is 0 Å². The molecule has 1 heterocycles. The predicted molar refractivity (Wildman–Crippen MR) is 77.1 cm³/mol. The maximum atomic E-state index is 12.5. The third-order valence-electron chi connectivity index (χ3n) is 3.28. The fourth-order valence-corrected chi connectivity index (χ4v) is 2.02. The Morgan fingerprint density at radius 3 is 2.08 bits per heavy atom. The summed E-state index contributed by atoms with van der Waals surface area (Å²) in [4.78, 5) is 14.9. The molecule has 0 bridgehead atoms. The SMILES string of the molecule is O=C(O)c1ccc(-c2noc(-c3ccc(C(F)(F)F)cc3)n2)cc1. The third kappa shape index (κ3) is 3.12. The van der Waals surface area contributed by atoms with Gasteiger partial charge in [0.25, 0.3) is 5.89 Å². The topological polar surface area (TPSA) is 76.2 Å². The average Bonchev–Trinajstić information content (AvgIpc) is 3.04. The summed E-state index contributed by atoms with van der Waals surface area (Å²) in [5, 5.41) is 12.6. The summed E-state index contributed by atoms with van der Waals surface area (Å²) < 4.78 is 42.7. The summed E-state index contributed by atoms with van der Waals surface area (Å²) >= 11 is 0. The molecular weight excluding hydrogens is 325 g/mol. The van der Waals surface area contributed by atoms with Crippen molar-refractivity contribution in [2.75, 3.05) is 0 Å². The second-order valence-electron chi connectivity index (χ2n) is 4.88. The molecule has 0 spiro atoms.